The third-order valence-corrected chi connectivity index (χ3v) is 6.09. The first-order valence-electron chi connectivity index (χ1n) is 11.2. The van der Waals surface area contributed by atoms with Gasteiger partial charge in [-0.3, -0.25) is 9.69 Å². The number of benzene rings is 2. The van der Waals surface area contributed by atoms with E-state index >= 15 is 0 Å². The lowest BCUT2D eigenvalue weighted by Crippen LogP contribution is -2.36. The van der Waals surface area contributed by atoms with E-state index in [1.165, 1.54) is 0 Å². The number of halogens is 1. The molecule has 2 aromatic carbocycles. The monoisotopic (exact) mass is 459 g/mol. The summed E-state index contributed by atoms with van der Waals surface area (Å²) in [6.45, 7) is 5.76. The summed E-state index contributed by atoms with van der Waals surface area (Å²) >= 11 is 6.32. The average Bonchev–Trinajstić information content (AvgIpc) is 3.26. The van der Waals surface area contributed by atoms with Crippen LogP contribution in [-0.4, -0.2) is 64.0 Å². The van der Waals surface area contributed by atoms with Crippen molar-refractivity contribution >= 4 is 23.2 Å². The number of ether oxygens (including phenoxy) is 2. The number of hydrogen-bond acceptors (Lipinski definition) is 5. The molecule has 0 aliphatic carbocycles. The first kappa shape index (κ1) is 24.5. The summed E-state index contributed by atoms with van der Waals surface area (Å²) in [7, 11) is 3.74. The summed E-state index contributed by atoms with van der Waals surface area (Å²) in [5.41, 5.74) is 2.88. The zero-order valence-electron chi connectivity index (χ0n) is 19.2. The van der Waals surface area contributed by atoms with Crippen LogP contribution in [0.1, 0.15) is 41.7 Å². The summed E-state index contributed by atoms with van der Waals surface area (Å²) in [4.78, 5) is 16.9. The maximum atomic E-state index is 12.2. The van der Waals surface area contributed by atoms with Crippen molar-refractivity contribution in [2.24, 2.45) is 0 Å². The van der Waals surface area contributed by atoms with Crippen LogP contribution in [-0.2, 0) is 9.47 Å². The third kappa shape index (κ3) is 6.69. The van der Waals surface area contributed by atoms with Gasteiger partial charge in [0.1, 0.15) is 6.79 Å². The van der Waals surface area contributed by atoms with E-state index in [1.807, 2.05) is 49.4 Å². The van der Waals surface area contributed by atoms with E-state index in [-0.39, 0.29) is 18.1 Å². The highest BCUT2D eigenvalue weighted by Gasteiger charge is 2.28. The fourth-order valence-electron chi connectivity index (χ4n) is 4.04. The molecule has 3 rings (SSSR count). The summed E-state index contributed by atoms with van der Waals surface area (Å²) < 4.78 is 10.8. The Morgan fingerprint density at radius 1 is 1.28 bits per heavy atom. The van der Waals surface area contributed by atoms with Gasteiger partial charge >= 0.3 is 0 Å². The molecule has 0 aromatic heterocycles. The van der Waals surface area contributed by atoms with E-state index in [4.69, 9.17) is 21.1 Å². The quantitative estimate of drug-likeness (QED) is 0.506. The van der Waals surface area contributed by atoms with Crippen LogP contribution >= 0.6 is 11.6 Å². The second kappa shape index (κ2) is 12.2. The standard InChI is InChI=1S/C25H34ClN3O3/c1-4-13-27-25(30)19-8-10-22(11-9-19)28(2)24(20-6-5-7-21(26)15-20)17-29-14-12-23(16-29)32-18-31-3/h5-11,15,23-24H,4,12-14,16-18H2,1-3H3,(H,27,30). The van der Waals surface area contributed by atoms with Crippen molar-refractivity contribution in [1.82, 2.24) is 10.2 Å². The van der Waals surface area contributed by atoms with Gasteiger partial charge in [-0.1, -0.05) is 30.7 Å². The van der Waals surface area contributed by atoms with E-state index in [0.29, 0.717) is 18.9 Å². The molecule has 32 heavy (non-hydrogen) atoms. The molecule has 1 aliphatic rings. The highest BCUT2D eigenvalue weighted by molar-refractivity contribution is 6.30. The Morgan fingerprint density at radius 2 is 2.06 bits per heavy atom. The van der Waals surface area contributed by atoms with Gasteiger partial charge < -0.3 is 19.7 Å². The smallest absolute Gasteiger partial charge is 0.251 e. The van der Waals surface area contributed by atoms with Crippen molar-refractivity contribution in [1.29, 1.82) is 0 Å². The minimum atomic E-state index is -0.0355. The molecule has 1 saturated heterocycles. The molecule has 0 saturated carbocycles. The van der Waals surface area contributed by atoms with Crippen LogP contribution in [0.4, 0.5) is 5.69 Å². The van der Waals surface area contributed by atoms with Crippen LogP contribution in [0.2, 0.25) is 5.02 Å². The number of carbonyl (C=O) groups is 1. The number of carbonyl (C=O) groups excluding carboxylic acids is 1. The molecule has 174 valence electrons. The molecule has 1 fully saturated rings. The Hall–Kier alpha value is -2.12. The van der Waals surface area contributed by atoms with Gasteiger partial charge in [0.2, 0.25) is 0 Å². The molecule has 6 nitrogen and oxygen atoms in total. The van der Waals surface area contributed by atoms with Crippen molar-refractivity contribution in [3.8, 4) is 0 Å². The van der Waals surface area contributed by atoms with Gasteiger partial charge in [0, 0.05) is 56.6 Å². The van der Waals surface area contributed by atoms with Crippen molar-refractivity contribution in [2.45, 2.75) is 31.9 Å². The fourth-order valence-corrected chi connectivity index (χ4v) is 4.24. The maximum absolute atomic E-state index is 12.2. The zero-order chi connectivity index (χ0) is 22.9. The van der Waals surface area contributed by atoms with Crippen LogP contribution < -0.4 is 10.2 Å². The van der Waals surface area contributed by atoms with Crippen molar-refractivity contribution in [3.05, 3.63) is 64.7 Å². The van der Waals surface area contributed by atoms with Gasteiger partial charge in [0.05, 0.1) is 12.1 Å². The topological polar surface area (TPSA) is 54.0 Å². The second-order valence-corrected chi connectivity index (χ2v) is 8.66. The van der Waals surface area contributed by atoms with Crippen molar-refractivity contribution in [3.63, 3.8) is 0 Å². The Balaban J connectivity index is 1.75. The highest BCUT2D eigenvalue weighted by Crippen LogP contribution is 2.30. The molecule has 2 unspecified atom stereocenters. The van der Waals surface area contributed by atoms with Crippen molar-refractivity contribution in [2.75, 3.05) is 52.0 Å². The lowest BCUT2D eigenvalue weighted by Gasteiger charge is -2.34. The molecule has 2 aromatic rings. The predicted octanol–water partition coefficient (Wildman–Crippen LogP) is 4.35. The number of anilines is 1. The lowest BCUT2D eigenvalue weighted by molar-refractivity contribution is -0.0671. The van der Waals surface area contributed by atoms with E-state index in [1.54, 1.807) is 7.11 Å². The largest absolute Gasteiger partial charge is 0.366 e. The van der Waals surface area contributed by atoms with Gasteiger partial charge in [-0.2, -0.15) is 0 Å². The summed E-state index contributed by atoms with van der Waals surface area (Å²) in [6.07, 6.45) is 2.11. The summed E-state index contributed by atoms with van der Waals surface area (Å²) in [5, 5.41) is 3.65. The van der Waals surface area contributed by atoms with Crippen molar-refractivity contribution < 1.29 is 14.3 Å². The summed E-state index contributed by atoms with van der Waals surface area (Å²) in [6, 6.07) is 15.9. The number of nitrogens with zero attached hydrogens (tertiary/aromatic N) is 2. The van der Waals surface area contributed by atoms with Gasteiger partial charge in [-0.25, -0.2) is 0 Å². The van der Waals surface area contributed by atoms with Crippen LogP contribution in [0, 0.1) is 0 Å². The number of nitrogens with one attached hydrogen (secondary N) is 1. The summed E-state index contributed by atoms with van der Waals surface area (Å²) in [5.74, 6) is -0.0355. The molecule has 0 radical (unpaired) electrons. The second-order valence-electron chi connectivity index (χ2n) is 8.23. The maximum Gasteiger partial charge on any atom is 0.251 e. The number of likely N-dealkylation sites (N-methyl/N-ethyl adjacent to an activating group) is 1. The van der Waals surface area contributed by atoms with E-state index in [0.717, 1.165) is 48.7 Å². The Labute approximate surface area is 196 Å². The first-order valence-corrected chi connectivity index (χ1v) is 11.6. The van der Waals surface area contributed by atoms with Crippen LogP contribution in [0.3, 0.4) is 0 Å². The Kier molecular flexibility index (Phi) is 9.36. The van der Waals surface area contributed by atoms with Crippen LogP contribution in [0.5, 0.6) is 0 Å². The number of amides is 1. The highest BCUT2D eigenvalue weighted by atomic mass is 35.5. The van der Waals surface area contributed by atoms with E-state index in [2.05, 4.69) is 28.2 Å². The molecular formula is C25H34ClN3O3. The zero-order valence-corrected chi connectivity index (χ0v) is 20.0. The minimum absolute atomic E-state index is 0.0355. The Morgan fingerprint density at radius 3 is 2.75 bits per heavy atom. The van der Waals surface area contributed by atoms with Gasteiger partial charge in [0.15, 0.2) is 0 Å². The number of hydrogen-bond donors (Lipinski definition) is 1. The number of likely N-dealkylation sites (tertiary alicyclic amines) is 1. The van der Waals surface area contributed by atoms with Crippen LogP contribution in [0.15, 0.2) is 48.5 Å². The molecule has 0 bridgehead atoms. The minimum Gasteiger partial charge on any atom is -0.366 e. The van der Waals surface area contributed by atoms with E-state index in [9.17, 15) is 4.79 Å². The Bertz CT molecular complexity index is 862. The van der Waals surface area contributed by atoms with Gasteiger partial charge in [-0.15, -0.1) is 0 Å². The number of rotatable bonds is 11. The first-order chi connectivity index (χ1) is 15.5. The molecule has 1 heterocycles. The van der Waals surface area contributed by atoms with Crippen LogP contribution in [0.25, 0.3) is 0 Å². The molecule has 1 aliphatic heterocycles. The third-order valence-electron chi connectivity index (χ3n) is 5.86. The van der Waals surface area contributed by atoms with E-state index < -0.39 is 0 Å². The fraction of sp³-hybridized carbons (Fsp3) is 0.480. The average molecular weight is 460 g/mol. The predicted molar refractivity (Wildman–Crippen MR) is 129 cm³/mol. The molecule has 0 spiro atoms. The molecular weight excluding hydrogens is 426 g/mol. The SMILES string of the molecule is CCCNC(=O)c1ccc(N(C)C(CN2CCC(OCOC)C2)c2cccc(Cl)c2)cc1. The van der Waals surface area contributed by atoms with Gasteiger partial charge in [0.25, 0.3) is 5.91 Å². The molecule has 1 N–H and O–H groups in total. The molecule has 2 atom stereocenters. The molecule has 7 heteroatoms. The van der Waals surface area contributed by atoms with Gasteiger partial charge in [-0.05, 0) is 54.8 Å². The lowest BCUT2D eigenvalue weighted by atomic mass is 10.0. The number of methoxy groups -OCH3 is 1. The molecule has 1 amide bonds. The normalized spacial score (nSPS) is 17.3.